The van der Waals surface area contributed by atoms with E-state index in [4.69, 9.17) is 46.4 Å². The summed E-state index contributed by atoms with van der Waals surface area (Å²) in [6.07, 6.45) is 3.52. The first-order valence-electron chi connectivity index (χ1n) is 7.51. The Morgan fingerprint density at radius 1 is 0.760 bits per heavy atom. The number of hydrogen-bond acceptors (Lipinski definition) is 2. The summed E-state index contributed by atoms with van der Waals surface area (Å²) in [5, 5.41) is 5.42. The average Bonchev–Trinajstić information content (AvgIpc) is 2.58. The van der Waals surface area contributed by atoms with Crippen molar-refractivity contribution in [1.82, 2.24) is 5.32 Å². The molecule has 2 aromatic carbocycles. The van der Waals surface area contributed by atoms with Gasteiger partial charge in [0.2, 0.25) is 0 Å². The smallest absolute Gasteiger partial charge is 0.187 e. The number of hydrogen-bond donors (Lipinski definition) is 1. The van der Waals surface area contributed by atoms with Crippen LogP contribution in [0.25, 0.3) is 12.2 Å². The molecule has 0 bridgehead atoms. The molecule has 0 spiro atoms. The van der Waals surface area contributed by atoms with Gasteiger partial charge in [-0.3, -0.25) is 4.79 Å². The Balaban J connectivity index is 1.96. The molecule has 1 heterocycles. The number of nitrogens with one attached hydrogen (secondary N) is 1. The van der Waals surface area contributed by atoms with E-state index in [1.807, 2.05) is 0 Å². The number of carbonyl (C=O) groups excluding carboxylic acids is 1. The van der Waals surface area contributed by atoms with Gasteiger partial charge in [0.25, 0.3) is 0 Å². The minimum Gasteiger partial charge on any atom is -0.308 e. The first kappa shape index (κ1) is 18.5. The lowest BCUT2D eigenvalue weighted by atomic mass is 9.95. The number of Topliss-reactive ketones (excluding diaryl/α,β-unsaturated/α-hetero) is 1. The summed E-state index contributed by atoms with van der Waals surface area (Å²) in [5.74, 6) is -0.0502. The molecule has 25 heavy (non-hydrogen) atoms. The number of rotatable bonds is 2. The Kier molecular flexibility index (Phi) is 5.88. The van der Waals surface area contributed by atoms with E-state index in [0.717, 1.165) is 0 Å². The molecule has 128 valence electrons. The van der Waals surface area contributed by atoms with Crippen LogP contribution in [0, 0.1) is 0 Å². The summed E-state index contributed by atoms with van der Waals surface area (Å²) in [7, 11) is 0. The van der Waals surface area contributed by atoms with Gasteiger partial charge in [-0.25, -0.2) is 0 Å². The topological polar surface area (TPSA) is 29.1 Å². The third-order valence-electron chi connectivity index (χ3n) is 3.79. The Hall–Kier alpha value is -1.29. The third kappa shape index (κ3) is 4.46. The van der Waals surface area contributed by atoms with Gasteiger partial charge in [-0.15, -0.1) is 0 Å². The van der Waals surface area contributed by atoms with Crippen molar-refractivity contribution in [3.8, 4) is 0 Å². The van der Waals surface area contributed by atoms with Crippen LogP contribution in [0.5, 0.6) is 0 Å². The van der Waals surface area contributed by atoms with Crippen molar-refractivity contribution in [3.05, 3.63) is 78.8 Å². The van der Waals surface area contributed by atoms with Gasteiger partial charge in [-0.1, -0.05) is 46.4 Å². The van der Waals surface area contributed by atoms with Gasteiger partial charge in [0.05, 0.1) is 0 Å². The molecule has 0 aliphatic carbocycles. The van der Waals surface area contributed by atoms with Crippen LogP contribution < -0.4 is 5.32 Å². The molecule has 3 rings (SSSR count). The van der Waals surface area contributed by atoms with Gasteiger partial charge in [-0.2, -0.15) is 0 Å². The molecule has 1 saturated heterocycles. The zero-order valence-corrected chi connectivity index (χ0v) is 16.0. The molecule has 0 radical (unpaired) electrons. The van der Waals surface area contributed by atoms with Crippen molar-refractivity contribution in [2.24, 2.45) is 0 Å². The molecule has 6 heteroatoms. The Morgan fingerprint density at radius 2 is 1.20 bits per heavy atom. The fourth-order valence-corrected chi connectivity index (χ4v) is 3.26. The van der Waals surface area contributed by atoms with Gasteiger partial charge >= 0.3 is 0 Å². The summed E-state index contributed by atoms with van der Waals surface area (Å²) in [6, 6.07) is 10.3. The average molecular weight is 413 g/mol. The van der Waals surface area contributed by atoms with E-state index in [1.54, 1.807) is 48.6 Å². The highest BCUT2D eigenvalue weighted by Gasteiger charge is 2.21. The Labute approximate surface area is 166 Å². The van der Waals surface area contributed by atoms with Gasteiger partial charge in [0, 0.05) is 44.3 Å². The molecule has 0 aromatic heterocycles. The van der Waals surface area contributed by atoms with E-state index in [0.29, 0.717) is 55.5 Å². The molecule has 0 amide bonds. The third-order valence-corrected chi connectivity index (χ3v) is 4.95. The predicted molar refractivity (Wildman–Crippen MR) is 107 cm³/mol. The molecule has 0 unspecified atom stereocenters. The lowest BCUT2D eigenvalue weighted by Crippen LogP contribution is -2.32. The molecule has 0 saturated carbocycles. The van der Waals surface area contributed by atoms with Crippen molar-refractivity contribution in [2.75, 3.05) is 13.1 Å². The number of piperidine rings is 1. The number of halogens is 4. The maximum absolute atomic E-state index is 12.8. The molecule has 1 fully saturated rings. The lowest BCUT2D eigenvalue weighted by Gasteiger charge is -2.18. The second-order valence-corrected chi connectivity index (χ2v) is 7.29. The highest BCUT2D eigenvalue weighted by Crippen LogP contribution is 2.27. The number of benzene rings is 2. The van der Waals surface area contributed by atoms with Gasteiger partial charge in [0.15, 0.2) is 5.78 Å². The van der Waals surface area contributed by atoms with E-state index >= 15 is 0 Å². The van der Waals surface area contributed by atoms with Crippen molar-refractivity contribution in [2.45, 2.75) is 0 Å². The van der Waals surface area contributed by atoms with E-state index in [1.165, 1.54) is 0 Å². The van der Waals surface area contributed by atoms with Crippen LogP contribution in [0.2, 0.25) is 20.1 Å². The quantitative estimate of drug-likeness (QED) is 0.618. The molecule has 2 aromatic rings. The van der Waals surface area contributed by atoms with E-state index in [-0.39, 0.29) is 5.78 Å². The molecule has 0 atom stereocenters. The normalized spacial score (nSPS) is 18.2. The zero-order valence-electron chi connectivity index (χ0n) is 13.0. The van der Waals surface area contributed by atoms with Crippen molar-refractivity contribution in [3.63, 3.8) is 0 Å². The Morgan fingerprint density at radius 3 is 1.64 bits per heavy atom. The monoisotopic (exact) mass is 411 g/mol. The van der Waals surface area contributed by atoms with Crippen LogP contribution in [-0.4, -0.2) is 18.9 Å². The molecular weight excluding hydrogens is 400 g/mol. The number of ketones is 1. The van der Waals surface area contributed by atoms with Crippen molar-refractivity contribution >= 4 is 64.3 Å². The van der Waals surface area contributed by atoms with Gasteiger partial charge < -0.3 is 5.32 Å². The highest BCUT2D eigenvalue weighted by molar-refractivity contribution is 6.35. The minimum atomic E-state index is -0.0502. The molecule has 1 aliphatic heterocycles. The van der Waals surface area contributed by atoms with Crippen LogP contribution in [0.3, 0.4) is 0 Å². The largest absolute Gasteiger partial charge is 0.308 e. The van der Waals surface area contributed by atoms with Crippen molar-refractivity contribution in [1.29, 1.82) is 0 Å². The van der Waals surface area contributed by atoms with E-state index < -0.39 is 0 Å². The van der Waals surface area contributed by atoms with E-state index in [9.17, 15) is 4.79 Å². The van der Waals surface area contributed by atoms with Crippen LogP contribution in [0.15, 0.2) is 47.5 Å². The van der Waals surface area contributed by atoms with Crippen LogP contribution in [0.4, 0.5) is 0 Å². The second-order valence-electron chi connectivity index (χ2n) is 5.60. The molecule has 2 nitrogen and oxygen atoms in total. The Bertz CT molecular complexity index is 831. The first-order chi connectivity index (χ1) is 11.9. The maximum atomic E-state index is 12.8. The van der Waals surface area contributed by atoms with Gasteiger partial charge in [-0.05, 0) is 59.7 Å². The first-order valence-corrected chi connectivity index (χ1v) is 9.02. The summed E-state index contributed by atoms with van der Waals surface area (Å²) in [4.78, 5) is 12.8. The van der Waals surface area contributed by atoms with Crippen LogP contribution >= 0.6 is 46.4 Å². The van der Waals surface area contributed by atoms with E-state index in [2.05, 4.69) is 5.32 Å². The standard InChI is InChI=1S/C19H13Cl4NO/c20-15-1-3-17(22)11(7-15)5-13-9-24-10-14(19(13)25)6-12-8-16(21)2-4-18(12)23/h1-8,24H,9-10H2. The van der Waals surface area contributed by atoms with Crippen molar-refractivity contribution < 1.29 is 4.79 Å². The SMILES string of the molecule is O=C1C(=Cc2cc(Cl)ccc2Cl)CNCC1=Cc1cc(Cl)ccc1Cl. The maximum Gasteiger partial charge on any atom is 0.187 e. The fourth-order valence-electron chi connectivity index (χ4n) is 2.56. The van der Waals surface area contributed by atoms with Crippen LogP contribution in [-0.2, 0) is 4.79 Å². The minimum absolute atomic E-state index is 0.0502. The molecule has 1 N–H and O–H groups in total. The molecular formula is C19H13Cl4NO. The predicted octanol–water partition coefficient (Wildman–Crippen LogP) is 5.94. The summed E-state index contributed by atoms with van der Waals surface area (Å²) in [5.41, 5.74) is 2.64. The number of carbonyl (C=O) groups is 1. The fraction of sp³-hybridized carbons (Fsp3) is 0.105. The summed E-state index contributed by atoms with van der Waals surface area (Å²) < 4.78 is 0. The summed E-state index contributed by atoms with van der Waals surface area (Å²) in [6.45, 7) is 0.921. The molecule has 1 aliphatic rings. The zero-order chi connectivity index (χ0) is 18.0. The van der Waals surface area contributed by atoms with Gasteiger partial charge in [0.1, 0.15) is 0 Å². The summed E-state index contributed by atoms with van der Waals surface area (Å²) >= 11 is 24.4. The lowest BCUT2D eigenvalue weighted by molar-refractivity contribution is -0.112. The second kappa shape index (κ2) is 7.94. The van der Waals surface area contributed by atoms with Crippen LogP contribution in [0.1, 0.15) is 11.1 Å². The highest BCUT2D eigenvalue weighted by atomic mass is 35.5.